The first-order valence-corrected chi connectivity index (χ1v) is 22.0. The third-order valence-corrected chi connectivity index (χ3v) is 13.2. The minimum Gasteiger partial charge on any atom is -0.455 e. The second-order valence-electron chi connectivity index (χ2n) is 16.8. The van der Waals surface area contributed by atoms with E-state index in [1.165, 1.54) is 76.1 Å². The monoisotopic (exact) mass is 813 g/mol. The first-order chi connectivity index (χ1) is 31.7. The van der Waals surface area contributed by atoms with Crippen LogP contribution in [0.3, 0.4) is 0 Å². The highest BCUT2D eigenvalue weighted by atomic mass is 16.3. The highest BCUT2D eigenvalue weighted by Gasteiger charge is 2.20. The van der Waals surface area contributed by atoms with Crippen LogP contribution in [-0.2, 0) is 0 Å². The standard InChI is InChI=1S/C62H39NO/c1-6-19-50-42(14-1)36-45(38-58(50)59-37-43-15-2-4-17-48(43)52-20-7-8-22-54(52)59)40-28-32-46(33-29-40)63(60-39-44-16-3-5-18-49(44)53-21-9-10-23-55(53)60)47-34-30-41(31-35-47)51-25-13-26-57-56-24-11-12-27-61(56)64-62(51)57/h1-39H. The maximum absolute atomic E-state index is 6.47. The van der Waals surface area contributed by atoms with Crippen LogP contribution in [0.5, 0.6) is 0 Å². The summed E-state index contributed by atoms with van der Waals surface area (Å²) in [7, 11) is 0. The topological polar surface area (TPSA) is 16.4 Å². The SMILES string of the molecule is c1ccc2c(-c3cc4ccccc4c4ccccc34)cc(-c3ccc(N(c4ccc(-c5cccc6c5oc5ccccc56)cc4)c4cc5ccccc5c5ccccc45)cc3)cc2c1. The van der Waals surface area contributed by atoms with Gasteiger partial charge in [-0.2, -0.15) is 0 Å². The largest absolute Gasteiger partial charge is 0.455 e. The summed E-state index contributed by atoms with van der Waals surface area (Å²) in [5, 5.41) is 14.7. The highest BCUT2D eigenvalue weighted by molar-refractivity contribution is 6.17. The fourth-order valence-corrected chi connectivity index (χ4v) is 10.2. The van der Waals surface area contributed by atoms with Gasteiger partial charge in [-0.25, -0.2) is 0 Å². The van der Waals surface area contributed by atoms with E-state index in [0.29, 0.717) is 0 Å². The molecule has 13 aromatic rings. The maximum atomic E-state index is 6.47. The molecule has 0 unspecified atom stereocenters. The van der Waals surface area contributed by atoms with Crippen LogP contribution in [-0.4, -0.2) is 0 Å². The molecule has 0 aliphatic rings. The van der Waals surface area contributed by atoms with E-state index in [4.69, 9.17) is 4.42 Å². The number of hydrogen-bond donors (Lipinski definition) is 0. The van der Waals surface area contributed by atoms with Crippen molar-refractivity contribution in [3.05, 3.63) is 237 Å². The molecule has 1 heterocycles. The molecule has 298 valence electrons. The number of rotatable bonds is 6. The number of nitrogens with zero attached hydrogens (tertiary/aromatic N) is 1. The van der Waals surface area contributed by atoms with E-state index < -0.39 is 0 Å². The minimum absolute atomic E-state index is 0.904. The Morgan fingerprint density at radius 3 is 1.44 bits per heavy atom. The molecule has 0 bridgehead atoms. The molecule has 0 aliphatic carbocycles. The van der Waals surface area contributed by atoms with Crippen molar-refractivity contribution in [2.45, 2.75) is 0 Å². The Labute approximate surface area is 370 Å². The van der Waals surface area contributed by atoms with Crippen LogP contribution in [0.25, 0.3) is 109 Å². The van der Waals surface area contributed by atoms with Crippen molar-refractivity contribution >= 4 is 92.9 Å². The van der Waals surface area contributed by atoms with Crippen LogP contribution >= 0.6 is 0 Å². The van der Waals surface area contributed by atoms with E-state index in [0.717, 1.165) is 50.1 Å². The van der Waals surface area contributed by atoms with E-state index in [9.17, 15) is 0 Å². The number of para-hydroxylation sites is 2. The van der Waals surface area contributed by atoms with Gasteiger partial charge >= 0.3 is 0 Å². The van der Waals surface area contributed by atoms with E-state index >= 15 is 0 Å². The van der Waals surface area contributed by atoms with E-state index in [1.54, 1.807) is 0 Å². The molecular formula is C62H39NO. The first-order valence-electron chi connectivity index (χ1n) is 22.0. The summed E-state index contributed by atoms with van der Waals surface area (Å²) in [5.41, 5.74) is 12.1. The summed E-state index contributed by atoms with van der Waals surface area (Å²) in [4.78, 5) is 2.41. The normalized spacial score (nSPS) is 11.8. The van der Waals surface area contributed by atoms with Gasteiger partial charge in [-0.15, -0.1) is 0 Å². The molecule has 12 aromatic carbocycles. The quantitative estimate of drug-likeness (QED) is 0.156. The molecule has 0 saturated heterocycles. The van der Waals surface area contributed by atoms with Crippen LogP contribution in [0.4, 0.5) is 17.1 Å². The summed E-state index contributed by atoms with van der Waals surface area (Å²) in [6.07, 6.45) is 0. The molecule has 0 aliphatic heterocycles. The van der Waals surface area contributed by atoms with Gasteiger partial charge in [0.2, 0.25) is 0 Å². The molecule has 0 saturated carbocycles. The number of fused-ring (bicyclic) bond motifs is 10. The van der Waals surface area contributed by atoms with Gasteiger partial charge in [0.05, 0.1) is 5.69 Å². The summed E-state index contributed by atoms with van der Waals surface area (Å²) < 4.78 is 6.47. The average Bonchev–Trinajstić information content (AvgIpc) is 3.75. The molecule has 0 radical (unpaired) electrons. The number of anilines is 3. The second kappa shape index (κ2) is 14.6. The van der Waals surface area contributed by atoms with Gasteiger partial charge in [0.15, 0.2) is 0 Å². The Balaban J connectivity index is 0.966. The van der Waals surface area contributed by atoms with Crippen molar-refractivity contribution in [2.75, 3.05) is 4.90 Å². The fraction of sp³-hybridized carbons (Fsp3) is 0. The molecule has 2 nitrogen and oxygen atoms in total. The Morgan fingerprint density at radius 2 is 0.750 bits per heavy atom. The molecule has 0 fully saturated rings. The van der Waals surface area contributed by atoms with E-state index in [1.807, 2.05) is 12.1 Å². The fourth-order valence-electron chi connectivity index (χ4n) is 10.2. The average molecular weight is 814 g/mol. The molecular weight excluding hydrogens is 775 g/mol. The predicted molar refractivity (Wildman–Crippen MR) is 272 cm³/mol. The molecule has 64 heavy (non-hydrogen) atoms. The van der Waals surface area contributed by atoms with Crippen molar-refractivity contribution in [1.29, 1.82) is 0 Å². The third kappa shape index (κ3) is 5.81. The van der Waals surface area contributed by atoms with Gasteiger partial charge in [-0.3, -0.25) is 0 Å². The van der Waals surface area contributed by atoms with Gasteiger partial charge < -0.3 is 9.32 Å². The van der Waals surface area contributed by atoms with Gasteiger partial charge in [-0.05, 0) is 131 Å². The van der Waals surface area contributed by atoms with Crippen molar-refractivity contribution in [3.63, 3.8) is 0 Å². The Morgan fingerprint density at radius 1 is 0.266 bits per heavy atom. The lowest BCUT2D eigenvalue weighted by Gasteiger charge is -2.28. The summed E-state index contributed by atoms with van der Waals surface area (Å²) >= 11 is 0. The minimum atomic E-state index is 0.904. The van der Waals surface area contributed by atoms with Gasteiger partial charge in [0, 0.05) is 33.1 Å². The van der Waals surface area contributed by atoms with Crippen LogP contribution in [0, 0.1) is 0 Å². The Kier molecular flexibility index (Phi) is 8.25. The summed E-state index contributed by atoms with van der Waals surface area (Å²) in [6, 6.07) is 86.1. The van der Waals surface area contributed by atoms with E-state index in [2.05, 4.69) is 229 Å². The van der Waals surface area contributed by atoms with Crippen molar-refractivity contribution in [2.24, 2.45) is 0 Å². The molecule has 2 heteroatoms. The molecule has 0 atom stereocenters. The Hall–Kier alpha value is -8.46. The van der Waals surface area contributed by atoms with Crippen LogP contribution in [0.2, 0.25) is 0 Å². The zero-order valence-corrected chi connectivity index (χ0v) is 34.9. The molecule has 0 spiro atoms. The third-order valence-electron chi connectivity index (χ3n) is 13.2. The van der Waals surface area contributed by atoms with Crippen molar-refractivity contribution < 1.29 is 4.42 Å². The zero-order valence-electron chi connectivity index (χ0n) is 34.9. The number of hydrogen-bond acceptors (Lipinski definition) is 2. The molecule has 0 N–H and O–H groups in total. The smallest absolute Gasteiger partial charge is 0.143 e. The van der Waals surface area contributed by atoms with Gasteiger partial charge in [0.1, 0.15) is 11.2 Å². The number of furan rings is 1. The van der Waals surface area contributed by atoms with Crippen LogP contribution in [0.1, 0.15) is 0 Å². The van der Waals surface area contributed by atoms with Crippen LogP contribution < -0.4 is 4.90 Å². The predicted octanol–water partition coefficient (Wildman–Crippen LogP) is 17.8. The molecule has 1 aromatic heterocycles. The maximum Gasteiger partial charge on any atom is 0.143 e. The van der Waals surface area contributed by atoms with Crippen LogP contribution in [0.15, 0.2) is 241 Å². The Bertz CT molecular complexity index is 3950. The van der Waals surface area contributed by atoms with E-state index in [-0.39, 0.29) is 0 Å². The lowest BCUT2D eigenvalue weighted by atomic mass is 9.88. The zero-order chi connectivity index (χ0) is 42.1. The second-order valence-corrected chi connectivity index (χ2v) is 16.8. The lowest BCUT2D eigenvalue weighted by molar-refractivity contribution is 0.670. The highest BCUT2D eigenvalue weighted by Crippen LogP contribution is 2.45. The first kappa shape index (κ1) is 36.2. The van der Waals surface area contributed by atoms with Crippen molar-refractivity contribution in [3.8, 4) is 33.4 Å². The van der Waals surface area contributed by atoms with Gasteiger partial charge in [0.25, 0.3) is 0 Å². The van der Waals surface area contributed by atoms with Crippen molar-refractivity contribution in [1.82, 2.24) is 0 Å². The molecule has 13 rings (SSSR count). The lowest BCUT2D eigenvalue weighted by Crippen LogP contribution is -2.10. The molecule has 0 amide bonds. The van der Waals surface area contributed by atoms with Gasteiger partial charge in [-0.1, -0.05) is 182 Å². The summed E-state index contributed by atoms with van der Waals surface area (Å²) in [6.45, 7) is 0. The summed E-state index contributed by atoms with van der Waals surface area (Å²) in [5.74, 6) is 0. The number of benzene rings is 12.